The topological polar surface area (TPSA) is 32.8 Å². The van der Waals surface area contributed by atoms with E-state index in [-0.39, 0.29) is 12.6 Å². The quantitative estimate of drug-likeness (QED) is 0.509. The molecule has 0 N–H and O–H groups in total. The Morgan fingerprint density at radius 3 is 2.18 bits per heavy atom. The van der Waals surface area contributed by atoms with Crippen molar-refractivity contribution in [2.24, 2.45) is 5.92 Å². The summed E-state index contributed by atoms with van der Waals surface area (Å²) in [6, 6.07) is 13.5. The second-order valence-corrected chi connectivity index (χ2v) is 9.11. The number of hydrogen-bond donors (Lipinski definition) is 0. The predicted octanol–water partition coefficient (Wildman–Crippen LogP) is 5.50. The number of rotatable bonds is 7. The number of halogens is 3. The summed E-state index contributed by atoms with van der Waals surface area (Å²) < 4.78 is 44.8. The summed E-state index contributed by atoms with van der Waals surface area (Å²) in [6.45, 7) is 10.4. The molecule has 180 valence electrons. The van der Waals surface area contributed by atoms with Gasteiger partial charge in [0.05, 0.1) is 12.2 Å². The maximum Gasteiger partial charge on any atom is 0.416 e. The molecule has 0 aromatic heterocycles. The lowest BCUT2D eigenvalue weighted by molar-refractivity contribution is -0.158. The van der Waals surface area contributed by atoms with Crippen molar-refractivity contribution in [2.45, 2.75) is 45.8 Å². The first-order valence-corrected chi connectivity index (χ1v) is 11.5. The van der Waals surface area contributed by atoms with Crippen LogP contribution in [0.25, 0.3) is 0 Å². The molecule has 0 spiro atoms. The molecule has 1 saturated heterocycles. The number of hydrogen-bond acceptors (Lipinski definition) is 4. The Bertz CT molecular complexity index is 935. The number of nitrogens with zero attached hydrogens (tertiary/aromatic N) is 2. The van der Waals surface area contributed by atoms with Crippen molar-refractivity contribution in [1.29, 1.82) is 0 Å². The van der Waals surface area contributed by atoms with Gasteiger partial charge in [0, 0.05) is 31.9 Å². The van der Waals surface area contributed by atoms with Gasteiger partial charge in [-0.2, -0.15) is 13.2 Å². The Kier molecular flexibility index (Phi) is 7.73. The van der Waals surface area contributed by atoms with E-state index < -0.39 is 17.3 Å². The molecule has 4 nitrogen and oxygen atoms in total. The van der Waals surface area contributed by atoms with Gasteiger partial charge in [-0.15, -0.1) is 0 Å². The molecule has 0 radical (unpaired) electrons. The molecule has 7 heteroatoms. The van der Waals surface area contributed by atoms with E-state index >= 15 is 0 Å². The molecule has 1 atom stereocenters. The Morgan fingerprint density at radius 2 is 1.64 bits per heavy atom. The van der Waals surface area contributed by atoms with Crippen molar-refractivity contribution >= 4 is 11.7 Å². The zero-order valence-corrected chi connectivity index (χ0v) is 19.8. The van der Waals surface area contributed by atoms with E-state index in [1.165, 1.54) is 17.7 Å². The van der Waals surface area contributed by atoms with Crippen LogP contribution < -0.4 is 4.90 Å². The van der Waals surface area contributed by atoms with Crippen molar-refractivity contribution in [3.8, 4) is 0 Å². The summed E-state index contributed by atoms with van der Waals surface area (Å²) in [7, 11) is 0. The first-order chi connectivity index (χ1) is 15.6. The monoisotopic (exact) mass is 462 g/mol. The van der Waals surface area contributed by atoms with E-state index in [2.05, 4.69) is 30.9 Å². The van der Waals surface area contributed by atoms with Crippen LogP contribution in [0.3, 0.4) is 0 Å². The zero-order chi connectivity index (χ0) is 24.2. The van der Waals surface area contributed by atoms with Crippen LogP contribution in [0, 0.1) is 5.92 Å². The summed E-state index contributed by atoms with van der Waals surface area (Å²) in [4.78, 5) is 17.1. The number of esters is 1. The van der Waals surface area contributed by atoms with Crippen LogP contribution in [0.4, 0.5) is 18.9 Å². The van der Waals surface area contributed by atoms with E-state index in [0.717, 1.165) is 18.1 Å². The number of carbonyl (C=O) groups excluding carboxylic acids is 1. The normalized spacial score (nSPS) is 17.2. The number of alkyl halides is 3. The Labute approximate surface area is 194 Å². The van der Waals surface area contributed by atoms with E-state index in [4.69, 9.17) is 4.74 Å². The number of piperazine rings is 1. The Hall–Kier alpha value is -2.54. The van der Waals surface area contributed by atoms with E-state index in [0.29, 0.717) is 37.8 Å². The van der Waals surface area contributed by atoms with Crippen molar-refractivity contribution in [2.75, 3.05) is 37.7 Å². The number of carbonyl (C=O) groups is 1. The first-order valence-electron chi connectivity index (χ1n) is 11.5. The average molecular weight is 463 g/mol. The van der Waals surface area contributed by atoms with Crippen molar-refractivity contribution in [3.05, 3.63) is 65.2 Å². The zero-order valence-electron chi connectivity index (χ0n) is 19.8. The summed E-state index contributed by atoms with van der Waals surface area (Å²) in [6.07, 6.45) is -3.41. The third-order valence-corrected chi connectivity index (χ3v) is 6.28. The van der Waals surface area contributed by atoms with Crippen LogP contribution in [0.1, 0.15) is 44.4 Å². The fourth-order valence-electron chi connectivity index (χ4n) is 4.43. The molecule has 1 fully saturated rings. The maximum absolute atomic E-state index is 13.1. The molecule has 2 aromatic carbocycles. The van der Waals surface area contributed by atoms with Gasteiger partial charge in [0.1, 0.15) is 5.54 Å². The third kappa shape index (κ3) is 5.69. The van der Waals surface area contributed by atoms with Gasteiger partial charge in [-0.3, -0.25) is 4.90 Å². The van der Waals surface area contributed by atoms with Crippen LogP contribution in [0.15, 0.2) is 48.5 Å². The molecule has 2 aromatic rings. The summed E-state index contributed by atoms with van der Waals surface area (Å²) in [5.41, 5.74) is 1.00. The third-order valence-electron chi connectivity index (χ3n) is 6.28. The van der Waals surface area contributed by atoms with Crippen LogP contribution in [0.2, 0.25) is 0 Å². The minimum Gasteiger partial charge on any atom is -0.464 e. The van der Waals surface area contributed by atoms with Crippen molar-refractivity contribution in [3.63, 3.8) is 0 Å². The fraction of sp³-hybridized carbons (Fsp3) is 0.500. The molecule has 0 bridgehead atoms. The Balaban J connectivity index is 1.81. The molecule has 1 heterocycles. The molecule has 0 amide bonds. The van der Waals surface area contributed by atoms with E-state index in [1.54, 1.807) is 13.0 Å². The maximum atomic E-state index is 13.1. The molecular weight excluding hydrogens is 429 g/mol. The lowest BCUT2D eigenvalue weighted by atomic mass is 9.87. The first kappa shape index (κ1) is 25.1. The minimum absolute atomic E-state index is 0.282. The van der Waals surface area contributed by atoms with Crippen LogP contribution >= 0.6 is 0 Å². The standard InChI is InChI=1S/C26H33F3N2O2/c1-5-33-24(32)25(4,21-11-9-20(10-12-21)17-19(2)3)31-15-13-30(14-16-31)23-8-6-7-22(18-23)26(27,28)29/h6-12,18-19H,5,13-17H2,1-4H3. The van der Waals surface area contributed by atoms with Gasteiger partial charge in [0.25, 0.3) is 0 Å². The lowest BCUT2D eigenvalue weighted by Crippen LogP contribution is -2.58. The second kappa shape index (κ2) is 10.2. The van der Waals surface area contributed by atoms with Crippen LogP contribution in [-0.4, -0.2) is 43.7 Å². The van der Waals surface area contributed by atoms with Gasteiger partial charge < -0.3 is 9.64 Å². The van der Waals surface area contributed by atoms with Gasteiger partial charge in [0.15, 0.2) is 0 Å². The highest BCUT2D eigenvalue weighted by Crippen LogP contribution is 2.34. The second-order valence-electron chi connectivity index (χ2n) is 9.11. The predicted molar refractivity (Wildman–Crippen MR) is 124 cm³/mol. The van der Waals surface area contributed by atoms with Gasteiger partial charge in [-0.05, 0) is 55.5 Å². The minimum atomic E-state index is -4.37. The molecule has 1 unspecified atom stereocenters. The fourth-order valence-corrected chi connectivity index (χ4v) is 4.43. The van der Waals surface area contributed by atoms with E-state index in [1.807, 2.05) is 24.0 Å². The molecule has 1 aliphatic heterocycles. The summed E-state index contributed by atoms with van der Waals surface area (Å²) in [5, 5.41) is 0. The van der Waals surface area contributed by atoms with Gasteiger partial charge >= 0.3 is 12.1 Å². The summed E-state index contributed by atoms with van der Waals surface area (Å²) in [5.74, 6) is 0.227. The molecular formula is C26H33F3N2O2. The van der Waals surface area contributed by atoms with Crippen molar-refractivity contribution in [1.82, 2.24) is 4.90 Å². The average Bonchev–Trinajstić information content (AvgIpc) is 2.78. The molecule has 33 heavy (non-hydrogen) atoms. The van der Waals surface area contributed by atoms with Crippen LogP contribution in [-0.2, 0) is 27.7 Å². The number of ether oxygens (including phenoxy) is 1. The molecule has 1 aliphatic rings. The van der Waals surface area contributed by atoms with Gasteiger partial charge in [-0.25, -0.2) is 4.79 Å². The molecule has 3 rings (SSSR count). The Morgan fingerprint density at radius 1 is 1.00 bits per heavy atom. The van der Waals surface area contributed by atoms with E-state index in [9.17, 15) is 18.0 Å². The highest BCUT2D eigenvalue weighted by molar-refractivity contribution is 5.82. The lowest BCUT2D eigenvalue weighted by Gasteiger charge is -2.45. The number of benzene rings is 2. The highest BCUT2D eigenvalue weighted by Gasteiger charge is 2.44. The summed E-state index contributed by atoms with van der Waals surface area (Å²) >= 11 is 0. The molecule has 0 saturated carbocycles. The highest BCUT2D eigenvalue weighted by atomic mass is 19.4. The van der Waals surface area contributed by atoms with Gasteiger partial charge in [-0.1, -0.05) is 44.2 Å². The SMILES string of the molecule is CCOC(=O)C(C)(c1ccc(CC(C)C)cc1)N1CCN(c2cccc(C(F)(F)F)c2)CC1. The van der Waals surface area contributed by atoms with Crippen molar-refractivity contribution < 1.29 is 22.7 Å². The van der Waals surface area contributed by atoms with Crippen LogP contribution in [0.5, 0.6) is 0 Å². The largest absolute Gasteiger partial charge is 0.464 e. The smallest absolute Gasteiger partial charge is 0.416 e. The van der Waals surface area contributed by atoms with Gasteiger partial charge in [0.2, 0.25) is 0 Å². The molecule has 0 aliphatic carbocycles. The number of anilines is 1.